The third-order valence-electron chi connectivity index (χ3n) is 2.84. The zero-order valence-electron chi connectivity index (χ0n) is 10.8. The van der Waals surface area contributed by atoms with Crippen LogP contribution >= 0.6 is 0 Å². The summed E-state index contributed by atoms with van der Waals surface area (Å²) in [5, 5.41) is 0. The Balaban J connectivity index is 2.31. The van der Waals surface area contributed by atoms with Crippen LogP contribution in [0.3, 0.4) is 0 Å². The molecule has 0 atom stereocenters. The predicted molar refractivity (Wildman–Crippen MR) is 74.7 cm³/mol. The molecule has 0 radical (unpaired) electrons. The number of ether oxygens (including phenoxy) is 1. The van der Waals surface area contributed by atoms with E-state index in [1.807, 2.05) is 0 Å². The third kappa shape index (κ3) is 3.08. The summed E-state index contributed by atoms with van der Waals surface area (Å²) < 4.78 is 43.0. The lowest BCUT2D eigenvalue weighted by molar-refractivity contribution is 0.411. The summed E-state index contributed by atoms with van der Waals surface area (Å²) >= 11 is 0. The van der Waals surface area contributed by atoms with Crippen molar-refractivity contribution in [1.82, 2.24) is 0 Å². The van der Waals surface area contributed by atoms with E-state index in [0.717, 1.165) is 6.07 Å². The molecular formula is C14H14FNO3S. The maximum Gasteiger partial charge on any atom is 0.182 e. The zero-order chi connectivity index (χ0) is 14.8. The molecule has 2 rings (SSSR count). The van der Waals surface area contributed by atoms with Gasteiger partial charge in [0, 0.05) is 17.3 Å². The quantitative estimate of drug-likeness (QED) is 0.879. The minimum Gasteiger partial charge on any atom is -0.497 e. The summed E-state index contributed by atoms with van der Waals surface area (Å²) in [6.45, 7) is 0. The number of anilines is 1. The first-order valence-corrected chi connectivity index (χ1v) is 7.48. The van der Waals surface area contributed by atoms with Crippen molar-refractivity contribution in [3.63, 3.8) is 0 Å². The fourth-order valence-electron chi connectivity index (χ4n) is 1.74. The van der Waals surface area contributed by atoms with Crippen LogP contribution in [0.2, 0.25) is 0 Å². The number of hydrogen-bond acceptors (Lipinski definition) is 4. The molecule has 0 aliphatic rings. The molecule has 0 fully saturated rings. The van der Waals surface area contributed by atoms with Gasteiger partial charge in [-0.2, -0.15) is 0 Å². The molecule has 2 aromatic carbocycles. The number of halogens is 1. The summed E-state index contributed by atoms with van der Waals surface area (Å²) in [5.41, 5.74) is 6.08. The van der Waals surface area contributed by atoms with Crippen LogP contribution in [0.15, 0.2) is 47.4 Å². The summed E-state index contributed by atoms with van der Waals surface area (Å²) in [6.07, 6.45) is 0. The van der Waals surface area contributed by atoms with Crippen molar-refractivity contribution in [1.29, 1.82) is 0 Å². The van der Waals surface area contributed by atoms with E-state index in [9.17, 15) is 12.8 Å². The van der Waals surface area contributed by atoms with Gasteiger partial charge in [0.25, 0.3) is 0 Å². The highest BCUT2D eigenvalue weighted by atomic mass is 32.2. The Morgan fingerprint density at radius 2 is 1.80 bits per heavy atom. The molecule has 6 heteroatoms. The van der Waals surface area contributed by atoms with Crippen LogP contribution in [-0.4, -0.2) is 15.5 Å². The molecule has 0 saturated carbocycles. The fourth-order valence-corrected chi connectivity index (χ4v) is 3.10. The third-order valence-corrected chi connectivity index (χ3v) is 4.53. The lowest BCUT2D eigenvalue weighted by atomic mass is 10.2. The van der Waals surface area contributed by atoms with Crippen molar-refractivity contribution in [3.05, 3.63) is 53.8 Å². The monoisotopic (exact) mass is 295 g/mol. The topological polar surface area (TPSA) is 69.4 Å². The molecule has 0 bridgehead atoms. The SMILES string of the molecule is COc1ccc(CS(=O)(=O)c2ccc(N)cc2)c(F)c1. The Kier molecular flexibility index (Phi) is 3.94. The molecule has 4 nitrogen and oxygen atoms in total. The summed E-state index contributed by atoms with van der Waals surface area (Å²) in [4.78, 5) is 0.113. The van der Waals surface area contributed by atoms with Gasteiger partial charge >= 0.3 is 0 Å². The second-order valence-corrected chi connectivity index (χ2v) is 6.28. The average Bonchev–Trinajstić information content (AvgIpc) is 2.41. The van der Waals surface area contributed by atoms with Crippen LogP contribution in [0.5, 0.6) is 5.75 Å². The molecule has 106 valence electrons. The van der Waals surface area contributed by atoms with Crippen LogP contribution in [0.4, 0.5) is 10.1 Å². The van der Waals surface area contributed by atoms with Gasteiger partial charge in [-0.15, -0.1) is 0 Å². The van der Waals surface area contributed by atoms with Crippen LogP contribution in [0, 0.1) is 5.82 Å². The normalized spacial score (nSPS) is 11.3. The summed E-state index contributed by atoms with van der Waals surface area (Å²) in [5.74, 6) is -0.674. The molecule has 2 N–H and O–H groups in total. The molecule has 0 saturated heterocycles. The number of hydrogen-bond donors (Lipinski definition) is 1. The highest BCUT2D eigenvalue weighted by molar-refractivity contribution is 7.90. The van der Waals surface area contributed by atoms with Gasteiger partial charge in [-0.25, -0.2) is 12.8 Å². The van der Waals surface area contributed by atoms with Gasteiger partial charge in [-0.3, -0.25) is 0 Å². The Morgan fingerprint density at radius 1 is 1.15 bits per heavy atom. The van der Waals surface area contributed by atoms with Crippen molar-refractivity contribution < 1.29 is 17.5 Å². The Hall–Kier alpha value is -2.08. The van der Waals surface area contributed by atoms with Crippen LogP contribution in [-0.2, 0) is 15.6 Å². The molecule has 0 aliphatic carbocycles. The predicted octanol–water partition coefficient (Wildman–Crippen LogP) is 2.39. The highest BCUT2D eigenvalue weighted by Crippen LogP contribution is 2.22. The molecule has 0 aliphatic heterocycles. The van der Waals surface area contributed by atoms with Crippen molar-refractivity contribution in [2.45, 2.75) is 10.6 Å². The van der Waals surface area contributed by atoms with E-state index in [-0.39, 0.29) is 10.5 Å². The number of nitrogen functional groups attached to an aromatic ring is 1. The number of methoxy groups -OCH3 is 1. The molecule has 0 unspecified atom stereocenters. The number of sulfone groups is 1. The van der Waals surface area contributed by atoms with Gasteiger partial charge in [-0.05, 0) is 30.3 Å². The molecule has 0 spiro atoms. The number of rotatable bonds is 4. The first kappa shape index (κ1) is 14.3. The van der Waals surface area contributed by atoms with E-state index in [0.29, 0.717) is 11.4 Å². The van der Waals surface area contributed by atoms with E-state index >= 15 is 0 Å². The second kappa shape index (κ2) is 5.50. The molecule has 2 aromatic rings. The standard InChI is InChI=1S/C14H14FNO3S/c1-19-12-5-2-10(14(15)8-12)9-20(17,18)13-6-3-11(16)4-7-13/h2-8H,9,16H2,1H3. The van der Waals surface area contributed by atoms with E-state index in [1.54, 1.807) is 0 Å². The second-order valence-electron chi connectivity index (χ2n) is 4.29. The minimum atomic E-state index is -3.61. The Morgan fingerprint density at radius 3 is 2.35 bits per heavy atom. The average molecular weight is 295 g/mol. The van der Waals surface area contributed by atoms with Gasteiger partial charge in [0.2, 0.25) is 0 Å². The number of benzene rings is 2. The number of nitrogens with two attached hydrogens (primary N) is 1. The van der Waals surface area contributed by atoms with Crippen molar-refractivity contribution in [2.24, 2.45) is 0 Å². The summed E-state index contributed by atoms with van der Waals surface area (Å²) in [6, 6.07) is 9.90. The lowest BCUT2D eigenvalue weighted by Crippen LogP contribution is -2.06. The maximum atomic E-state index is 13.8. The Labute approximate surface area is 116 Å². The maximum absolute atomic E-state index is 13.8. The van der Waals surface area contributed by atoms with Gasteiger partial charge in [0.15, 0.2) is 9.84 Å². The molecule has 0 amide bonds. The van der Waals surface area contributed by atoms with Gasteiger partial charge < -0.3 is 10.5 Å². The summed E-state index contributed by atoms with van der Waals surface area (Å²) in [7, 11) is -2.19. The van der Waals surface area contributed by atoms with Crippen LogP contribution < -0.4 is 10.5 Å². The van der Waals surface area contributed by atoms with E-state index in [4.69, 9.17) is 10.5 Å². The van der Waals surface area contributed by atoms with Crippen LogP contribution in [0.25, 0.3) is 0 Å². The highest BCUT2D eigenvalue weighted by Gasteiger charge is 2.17. The van der Waals surface area contributed by atoms with E-state index in [2.05, 4.69) is 0 Å². The lowest BCUT2D eigenvalue weighted by Gasteiger charge is -2.07. The van der Waals surface area contributed by atoms with Crippen molar-refractivity contribution in [2.75, 3.05) is 12.8 Å². The molecular weight excluding hydrogens is 281 g/mol. The van der Waals surface area contributed by atoms with E-state index < -0.39 is 21.4 Å². The van der Waals surface area contributed by atoms with Gasteiger partial charge in [-0.1, -0.05) is 6.07 Å². The molecule has 0 heterocycles. The Bertz CT molecular complexity index is 712. The van der Waals surface area contributed by atoms with Crippen molar-refractivity contribution in [3.8, 4) is 5.75 Å². The molecule has 20 heavy (non-hydrogen) atoms. The van der Waals surface area contributed by atoms with Crippen LogP contribution in [0.1, 0.15) is 5.56 Å². The van der Waals surface area contributed by atoms with Gasteiger partial charge in [0.05, 0.1) is 17.8 Å². The molecule has 0 aromatic heterocycles. The van der Waals surface area contributed by atoms with Crippen molar-refractivity contribution >= 4 is 15.5 Å². The minimum absolute atomic E-state index is 0.0997. The smallest absolute Gasteiger partial charge is 0.182 e. The fraction of sp³-hybridized carbons (Fsp3) is 0.143. The van der Waals surface area contributed by atoms with Gasteiger partial charge in [0.1, 0.15) is 11.6 Å². The first-order valence-electron chi connectivity index (χ1n) is 5.83. The zero-order valence-corrected chi connectivity index (χ0v) is 11.7. The first-order chi connectivity index (χ1) is 9.42. The van der Waals surface area contributed by atoms with E-state index in [1.165, 1.54) is 43.5 Å². The largest absolute Gasteiger partial charge is 0.497 e.